The lowest BCUT2D eigenvalue weighted by atomic mass is 10.1. The van der Waals surface area contributed by atoms with E-state index in [-0.39, 0.29) is 36.7 Å². The van der Waals surface area contributed by atoms with E-state index in [1.807, 2.05) is 12.1 Å². The normalized spacial score (nSPS) is 14.9. The fraction of sp³-hybridized carbons (Fsp3) is 0.579. The van der Waals surface area contributed by atoms with Crippen LogP contribution >= 0.6 is 24.0 Å². The Morgan fingerprint density at radius 3 is 2.20 bits per heavy atom. The van der Waals surface area contributed by atoms with Gasteiger partial charge in [-0.25, -0.2) is 4.79 Å². The van der Waals surface area contributed by atoms with Crippen LogP contribution < -0.4 is 5.32 Å². The molecule has 0 atom stereocenters. The van der Waals surface area contributed by atoms with Gasteiger partial charge in [0.25, 0.3) is 0 Å². The van der Waals surface area contributed by atoms with Crippen LogP contribution in [0, 0.1) is 0 Å². The number of benzene rings is 1. The summed E-state index contributed by atoms with van der Waals surface area (Å²) in [4.78, 5) is 19.8. The molecule has 1 fully saturated rings. The monoisotopic (exact) mass is 544 g/mol. The van der Waals surface area contributed by atoms with Gasteiger partial charge in [0.05, 0.1) is 13.2 Å². The zero-order valence-electron chi connectivity index (χ0n) is 17.1. The molecule has 0 bridgehead atoms. The molecule has 1 aromatic carbocycles. The number of nitrogens with zero attached hydrogens (tertiary/aromatic N) is 3. The summed E-state index contributed by atoms with van der Waals surface area (Å²) in [7, 11) is 1.70. The summed E-state index contributed by atoms with van der Waals surface area (Å²) >= 11 is 0. The van der Waals surface area contributed by atoms with Crippen molar-refractivity contribution in [2.24, 2.45) is 4.99 Å². The predicted octanol–water partition coefficient (Wildman–Crippen LogP) is 3.23. The van der Waals surface area contributed by atoms with Crippen LogP contribution in [0.15, 0.2) is 29.3 Å². The number of aliphatic imine (C=N–C) groups is 1. The van der Waals surface area contributed by atoms with Crippen LogP contribution in [0.4, 0.5) is 18.0 Å². The van der Waals surface area contributed by atoms with Crippen molar-refractivity contribution in [3.8, 4) is 0 Å². The number of hydrogen-bond acceptors (Lipinski definition) is 4. The van der Waals surface area contributed by atoms with E-state index in [0.29, 0.717) is 44.9 Å². The molecule has 30 heavy (non-hydrogen) atoms. The van der Waals surface area contributed by atoms with Crippen LogP contribution in [0.3, 0.4) is 0 Å². The van der Waals surface area contributed by atoms with Crippen LogP contribution in [0.2, 0.25) is 0 Å². The third kappa shape index (κ3) is 8.94. The average molecular weight is 544 g/mol. The molecule has 0 spiro atoms. The van der Waals surface area contributed by atoms with Crippen LogP contribution in [0.1, 0.15) is 18.1 Å². The van der Waals surface area contributed by atoms with Gasteiger partial charge in [0.1, 0.15) is 6.61 Å². The maximum atomic E-state index is 12.1. The first-order chi connectivity index (χ1) is 13.8. The fourth-order valence-corrected chi connectivity index (χ4v) is 2.87. The largest absolute Gasteiger partial charge is 0.450 e. The van der Waals surface area contributed by atoms with Crippen LogP contribution in [-0.2, 0) is 22.6 Å². The van der Waals surface area contributed by atoms with E-state index in [0.717, 1.165) is 11.5 Å². The van der Waals surface area contributed by atoms with Crippen LogP contribution in [-0.4, -0.2) is 74.5 Å². The minimum absolute atomic E-state index is 0. The maximum Gasteiger partial charge on any atom is 0.411 e. The number of carbonyl (C=O) groups is 1. The van der Waals surface area contributed by atoms with Crippen molar-refractivity contribution in [3.63, 3.8) is 0 Å². The number of ether oxygens (including phenoxy) is 2. The highest BCUT2D eigenvalue weighted by Gasteiger charge is 2.27. The Hall–Kier alpha value is -1.76. The minimum Gasteiger partial charge on any atom is -0.450 e. The molecule has 1 N–H and O–H groups in total. The molecule has 1 saturated heterocycles. The van der Waals surface area contributed by atoms with E-state index < -0.39 is 12.8 Å². The van der Waals surface area contributed by atoms with Gasteiger partial charge in [-0.3, -0.25) is 4.99 Å². The second-order valence-corrected chi connectivity index (χ2v) is 6.50. The smallest absolute Gasteiger partial charge is 0.411 e. The number of amides is 1. The molecule has 170 valence electrons. The van der Waals surface area contributed by atoms with Crippen molar-refractivity contribution in [2.75, 3.05) is 46.4 Å². The molecule has 1 amide bonds. The Kier molecular flexibility index (Phi) is 11.2. The third-order valence-electron chi connectivity index (χ3n) is 4.33. The Bertz CT molecular complexity index is 679. The van der Waals surface area contributed by atoms with Crippen LogP contribution in [0.25, 0.3) is 0 Å². The van der Waals surface area contributed by atoms with E-state index in [9.17, 15) is 18.0 Å². The molecule has 1 heterocycles. The Labute approximate surface area is 191 Å². The highest BCUT2D eigenvalue weighted by atomic mass is 127. The van der Waals surface area contributed by atoms with Crippen molar-refractivity contribution in [1.82, 2.24) is 15.1 Å². The zero-order valence-corrected chi connectivity index (χ0v) is 19.4. The van der Waals surface area contributed by atoms with Crippen molar-refractivity contribution >= 4 is 36.0 Å². The van der Waals surface area contributed by atoms with Crippen molar-refractivity contribution in [1.29, 1.82) is 0 Å². The van der Waals surface area contributed by atoms with Gasteiger partial charge in [-0.2, -0.15) is 13.2 Å². The van der Waals surface area contributed by atoms with Crippen molar-refractivity contribution < 1.29 is 27.4 Å². The molecule has 2 rings (SSSR count). The molecule has 11 heteroatoms. The zero-order chi connectivity index (χ0) is 21.3. The quantitative estimate of drug-likeness (QED) is 0.339. The van der Waals surface area contributed by atoms with Gasteiger partial charge >= 0.3 is 12.3 Å². The summed E-state index contributed by atoms with van der Waals surface area (Å²) in [6.07, 6.45) is -4.61. The number of piperazine rings is 1. The van der Waals surface area contributed by atoms with E-state index >= 15 is 0 Å². The molecule has 1 aliphatic heterocycles. The van der Waals surface area contributed by atoms with Crippen LogP contribution in [0.5, 0.6) is 0 Å². The van der Waals surface area contributed by atoms with E-state index in [1.165, 1.54) is 0 Å². The summed E-state index contributed by atoms with van der Waals surface area (Å²) in [6, 6.07) is 7.17. The van der Waals surface area contributed by atoms with Gasteiger partial charge in [0, 0.05) is 39.8 Å². The molecule has 0 unspecified atom stereocenters. The van der Waals surface area contributed by atoms with E-state index in [1.54, 1.807) is 31.0 Å². The van der Waals surface area contributed by atoms with E-state index in [2.05, 4.69) is 19.9 Å². The lowest BCUT2D eigenvalue weighted by molar-refractivity contribution is -0.176. The summed E-state index contributed by atoms with van der Waals surface area (Å²) in [5.74, 6) is 0.728. The average Bonchev–Trinajstić information content (AvgIpc) is 2.69. The molecule has 0 saturated carbocycles. The standard InChI is InChI=1S/C19H27F3N4O3.HI/c1-3-29-18(27)26-10-8-25(9-11-26)17(23-2)24-12-15-4-6-16(7-5-15)13-28-14-19(20,21)22;/h4-7H,3,8-14H2,1-2H3,(H,23,24);1H. The molecule has 0 radical (unpaired) electrons. The van der Waals surface area contributed by atoms with Crippen molar-refractivity contribution in [3.05, 3.63) is 35.4 Å². The number of rotatable bonds is 6. The summed E-state index contributed by atoms with van der Waals surface area (Å²) in [5.41, 5.74) is 1.65. The summed E-state index contributed by atoms with van der Waals surface area (Å²) < 4.78 is 46.0. The lowest BCUT2D eigenvalue weighted by Gasteiger charge is -2.35. The van der Waals surface area contributed by atoms with Crippen molar-refractivity contribution in [2.45, 2.75) is 26.3 Å². The summed E-state index contributed by atoms with van der Waals surface area (Å²) in [6.45, 7) is 3.74. The van der Waals surface area contributed by atoms with Gasteiger partial charge in [0.2, 0.25) is 0 Å². The second-order valence-electron chi connectivity index (χ2n) is 6.50. The Morgan fingerprint density at radius 1 is 1.10 bits per heavy atom. The predicted molar refractivity (Wildman–Crippen MR) is 118 cm³/mol. The topological polar surface area (TPSA) is 66.4 Å². The number of alkyl halides is 3. The Morgan fingerprint density at radius 2 is 1.67 bits per heavy atom. The maximum absolute atomic E-state index is 12.1. The lowest BCUT2D eigenvalue weighted by Crippen LogP contribution is -2.53. The molecular formula is C19H28F3IN4O3. The highest BCUT2D eigenvalue weighted by molar-refractivity contribution is 14.0. The SMILES string of the molecule is CCOC(=O)N1CCN(C(=NC)NCc2ccc(COCC(F)(F)F)cc2)CC1.I. The number of guanidine groups is 1. The molecule has 1 aromatic rings. The van der Waals surface area contributed by atoms with Gasteiger partial charge in [0.15, 0.2) is 5.96 Å². The van der Waals surface area contributed by atoms with Gasteiger partial charge < -0.3 is 24.6 Å². The number of halogens is 4. The molecule has 0 aliphatic carbocycles. The highest BCUT2D eigenvalue weighted by Crippen LogP contribution is 2.16. The minimum atomic E-state index is -4.32. The third-order valence-corrected chi connectivity index (χ3v) is 4.33. The van der Waals surface area contributed by atoms with Gasteiger partial charge in [-0.15, -0.1) is 24.0 Å². The number of carbonyl (C=O) groups excluding carboxylic acids is 1. The summed E-state index contributed by atoms with van der Waals surface area (Å²) in [5, 5.41) is 3.27. The second kappa shape index (κ2) is 12.8. The molecule has 1 aliphatic rings. The van der Waals surface area contributed by atoms with E-state index in [4.69, 9.17) is 4.74 Å². The first-order valence-corrected chi connectivity index (χ1v) is 9.42. The van der Waals surface area contributed by atoms with Gasteiger partial charge in [-0.1, -0.05) is 24.3 Å². The fourth-order valence-electron chi connectivity index (χ4n) is 2.87. The Balaban J connectivity index is 0.00000450. The first kappa shape index (κ1) is 26.3. The van der Waals surface area contributed by atoms with Gasteiger partial charge in [-0.05, 0) is 18.1 Å². The molecule has 7 nitrogen and oxygen atoms in total. The number of hydrogen-bond donors (Lipinski definition) is 1. The molecular weight excluding hydrogens is 516 g/mol. The first-order valence-electron chi connectivity index (χ1n) is 9.42. The molecule has 0 aromatic heterocycles. The number of nitrogens with one attached hydrogen (secondary N) is 1.